The third-order valence-electron chi connectivity index (χ3n) is 4.97. The summed E-state index contributed by atoms with van der Waals surface area (Å²) in [6.07, 6.45) is 4.03. The van der Waals surface area contributed by atoms with E-state index in [2.05, 4.69) is 62.1 Å². The molecule has 0 saturated heterocycles. The van der Waals surface area contributed by atoms with E-state index in [-0.39, 0.29) is 0 Å². The lowest BCUT2D eigenvalue weighted by Gasteiger charge is -2.18. The van der Waals surface area contributed by atoms with Crippen LogP contribution in [0.3, 0.4) is 0 Å². The van der Waals surface area contributed by atoms with Gasteiger partial charge in [-0.2, -0.15) is 5.10 Å². The number of aromatic nitrogens is 2. The lowest BCUT2D eigenvalue weighted by atomic mass is 10.1. The molecule has 1 aromatic heterocycles. The number of benzene rings is 2. The predicted molar refractivity (Wildman–Crippen MR) is 119 cm³/mol. The van der Waals surface area contributed by atoms with E-state index in [4.69, 9.17) is 5.10 Å². The molecule has 0 radical (unpaired) electrons. The fourth-order valence-corrected chi connectivity index (χ4v) is 3.48. The lowest BCUT2D eigenvalue weighted by molar-refractivity contribution is 0.112. The highest BCUT2D eigenvalue weighted by molar-refractivity contribution is 5.76. The van der Waals surface area contributed by atoms with Crippen molar-refractivity contribution in [1.29, 1.82) is 0 Å². The standard InChI is InChI=1S/C24H30N4O/c1-19-16-28(23-11-6-9-21(15-23)18-29)25-24(19)22-10-5-8-20(14-22)17-27(4)13-7-12-26(2)3/h5-6,8-11,14-16,18H,7,12-13,17H2,1-4H3. The smallest absolute Gasteiger partial charge is 0.150 e. The van der Waals surface area contributed by atoms with Gasteiger partial charge in [0.25, 0.3) is 0 Å². The van der Waals surface area contributed by atoms with E-state index in [0.717, 1.165) is 54.8 Å². The molecule has 3 aromatic rings. The third kappa shape index (κ3) is 5.62. The van der Waals surface area contributed by atoms with Crippen molar-refractivity contribution in [1.82, 2.24) is 19.6 Å². The second-order valence-corrected chi connectivity index (χ2v) is 7.91. The zero-order valence-corrected chi connectivity index (χ0v) is 17.8. The van der Waals surface area contributed by atoms with Crippen molar-refractivity contribution in [2.75, 3.05) is 34.2 Å². The molecule has 29 heavy (non-hydrogen) atoms. The summed E-state index contributed by atoms with van der Waals surface area (Å²) in [6.45, 7) is 5.17. The molecule has 3 rings (SSSR count). The molecule has 152 valence electrons. The molecule has 0 spiro atoms. The lowest BCUT2D eigenvalue weighted by Crippen LogP contribution is -2.23. The first-order chi connectivity index (χ1) is 14.0. The average Bonchev–Trinajstić information content (AvgIpc) is 3.09. The zero-order chi connectivity index (χ0) is 20.8. The highest BCUT2D eigenvalue weighted by Crippen LogP contribution is 2.24. The summed E-state index contributed by atoms with van der Waals surface area (Å²) in [6, 6.07) is 16.1. The summed E-state index contributed by atoms with van der Waals surface area (Å²) in [5.74, 6) is 0. The molecule has 2 aromatic carbocycles. The second-order valence-electron chi connectivity index (χ2n) is 7.91. The van der Waals surface area contributed by atoms with E-state index >= 15 is 0 Å². The molecule has 0 N–H and O–H groups in total. The molecule has 5 heteroatoms. The quantitative estimate of drug-likeness (QED) is 0.517. The maximum Gasteiger partial charge on any atom is 0.150 e. The molecule has 0 saturated carbocycles. The summed E-state index contributed by atoms with van der Waals surface area (Å²) in [5.41, 5.74) is 6.02. The largest absolute Gasteiger partial charge is 0.309 e. The van der Waals surface area contributed by atoms with E-state index < -0.39 is 0 Å². The maximum atomic E-state index is 11.1. The van der Waals surface area contributed by atoms with Crippen LogP contribution in [0.4, 0.5) is 0 Å². The Balaban J connectivity index is 1.76. The van der Waals surface area contributed by atoms with Gasteiger partial charge in [0, 0.05) is 23.9 Å². The zero-order valence-electron chi connectivity index (χ0n) is 17.8. The van der Waals surface area contributed by atoms with Crippen molar-refractivity contribution in [3.8, 4) is 16.9 Å². The topological polar surface area (TPSA) is 41.4 Å². The van der Waals surface area contributed by atoms with Crippen LogP contribution in [0.15, 0.2) is 54.7 Å². The predicted octanol–water partition coefficient (Wildman–Crippen LogP) is 4.04. The van der Waals surface area contributed by atoms with Crippen LogP contribution in [-0.2, 0) is 6.54 Å². The number of carbonyl (C=O) groups excluding carboxylic acids is 1. The van der Waals surface area contributed by atoms with E-state index in [1.807, 2.05) is 29.1 Å². The molecule has 0 aliphatic rings. The molecule has 0 aliphatic heterocycles. The van der Waals surface area contributed by atoms with Crippen LogP contribution in [-0.4, -0.2) is 60.1 Å². The molecule has 0 amide bonds. The van der Waals surface area contributed by atoms with Gasteiger partial charge in [-0.25, -0.2) is 4.68 Å². The van der Waals surface area contributed by atoms with Gasteiger partial charge in [-0.15, -0.1) is 0 Å². The first-order valence-corrected chi connectivity index (χ1v) is 10.0. The van der Waals surface area contributed by atoms with Crippen LogP contribution in [0.5, 0.6) is 0 Å². The van der Waals surface area contributed by atoms with Crippen molar-refractivity contribution < 1.29 is 4.79 Å². The van der Waals surface area contributed by atoms with Crippen molar-refractivity contribution in [3.63, 3.8) is 0 Å². The molecular formula is C24H30N4O. The van der Waals surface area contributed by atoms with Crippen LogP contribution >= 0.6 is 0 Å². The van der Waals surface area contributed by atoms with E-state index in [1.165, 1.54) is 5.56 Å². The first-order valence-electron chi connectivity index (χ1n) is 10.0. The van der Waals surface area contributed by atoms with Crippen LogP contribution in [0.25, 0.3) is 16.9 Å². The summed E-state index contributed by atoms with van der Waals surface area (Å²) < 4.78 is 1.84. The summed E-state index contributed by atoms with van der Waals surface area (Å²) in [7, 11) is 6.39. The van der Waals surface area contributed by atoms with Crippen molar-refractivity contribution in [3.05, 3.63) is 71.4 Å². The monoisotopic (exact) mass is 390 g/mol. The Morgan fingerprint density at radius 3 is 2.59 bits per heavy atom. The Labute approximate surface area is 173 Å². The van der Waals surface area contributed by atoms with E-state index in [0.29, 0.717) is 5.56 Å². The Bertz CT molecular complexity index is 961. The van der Waals surface area contributed by atoms with Crippen molar-refractivity contribution in [2.24, 2.45) is 0 Å². The molecule has 1 heterocycles. The Kier molecular flexibility index (Phi) is 6.96. The molecule has 0 unspecified atom stereocenters. The first kappa shape index (κ1) is 21.0. The summed E-state index contributed by atoms with van der Waals surface area (Å²) in [4.78, 5) is 15.7. The molecule has 0 atom stereocenters. The number of carbonyl (C=O) groups is 1. The minimum absolute atomic E-state index is 0.650. The number of hydrogen-bond acceptors (Lipinski definition) is 4. The Hall–Kier alpha value is -2.76. The number of aldehydes is 1. The van der Waals surface area contributed by atoms with Gasteiger partial charge in [0.15, 0.2) is 0 Å². The minimum Gasteiger partial charge on any atom is -0.309 e. The average molecular weight is 391 g/mol. The number of aryl methyl sites for hydroxylation is 1. The van der Waals surface area contributed by atoms with Gasteiger partial charge in [0.2, 0.25) is 0 Å². The highest BCUT2D eigenvalue weighted by atomic mass is 16.1. The number of nitrogens with zero attached hydrogens (tertiary/aromatic N) is 4. The van der Waals surface area contributed by atoms with Crippen LogP contribution in [0, 0.1) is 6.92 Å². The van der Waals surface area contributed by atoms with Gasteiger partial charge in [-0.3, -0.25) is 4.79 Å². The maximum absolute atomic E-state index is 11.1. The fourth-order valence-electron chi connectivity index (χ4n) is 3.48. The molecular weight excluding hydrogens is 360 g/mol. The Morgan fingerprint density at radius 2 is 1.83 bits per heavy atom. The summed E-state index contributed by atoms with van der Waals surface area (Å²) in [5, 5.41) is 4.80. The van der Waals surface area contributed by atoms with Gasteiger partial charge in [0.05, 0.1) is 11.4 Å². The van der Waals surface area contributed by atoms with Crippen LogP contribution in [0.2, 0.25) is 0 Å². The fraction of sp³-hybridized carbons (Fsp3) is 0.333. The van der Waals surface area contributed by atoms with E-state index in [1.54, 1.807) is 6.07 Å². The van der Waals surface area contributed by atoms with Gasteiger partial charge in [-0.1, -0.05) is 30.3 Å². The highest BCUT2D eigenvalue weighted by Gasteiger charge is 2.11. The van der Waals surface area contributed by atoms with Gasteiger partial charge < -0.3 is 9.80 Å². The number of rotatable bonds is 9. The SMILES string of the molecule is Cc1cn(-c2cccc(C=O)c2)nc1-c1cccc(CN(C)CCCN(C)C)c1. The Morgan fingerprint density at radius 1 is 1.03 bits per heavy atom. The second kappa shape index (κ2) is 9.63. The molecule has 5 nitrogen and oxygen atoms in total. The molecule has 0 aliphatic carbocycles. The normalized spacial score (nSPS) is 11.4. The molecule has 0 bridgehead atoms. The van der Waals surface area contributed by atoms with Crippen molar-refractivity contribution >= 4 is 6.29 Å². The van der Waals surface area contributed by atoms with E-state index in [9.17, 15) is 4.79 Å². The van der Waals surface area contributed by atoms with Gasteiger partial charge >= 0.3 is 0 Å². The third-order valence-corrected chi connectivity index (χ3v) is 4.97. The van der Waals surface area contributed by atoms with Crippen molar-refractivity contribution in [2.45, 2.75) is 19.9 Å². The number of hydrogen-bond donors (Lipinski definition) is 0. The summed E-state index contributed by atoms with van der Waals surface area (Å²) >= 11 is 0. The van der Waals surface area contributed by atoms with Crippen LogP contribution in [0.1, 0.15) is 27.9 Å². The van der Waals surface area contributed by atoms with Gasteiger partial charge in [-0.05, 0) is 76.9 Å². The minimum atomic E-state index is 0.650. The van der Waals surface area contributed by atoms with Gasteiger partial charge in [0.1, 0.15) is 6.29 Å². The van der Waals surface area contributed by atoms with Crippen LogP contribution < -0.4 is 0 Å². The molecule has 0 fully saturated rings.